The highest BCUT2D eigenvalue weighted by molar-refractivity contribution is 6.08. The molecular formula is C22H27N5O4. The third-order valence-electron chi connectivity index (χ3n) is 6.29. The van der Waals surface area contributed by atoms with Gasteiger partial charge in [-0.2, -0.15) is 10.1 Å². The summed E-state index contributed by atoms with van der Waals surface area (Å²) in [5.74, 6) is -0.720. The van der Waals surface area contributed by atoms with Crippen molar-refractivity contribution < 1.29 is 19.2 Å². The molecule has 0 atom stereocenters. The van der Waals surface area contributed by atoms with Gasteiger partial charge >= 0.3 is 6.03 Å². The molecule has 0 aromatic heterocycles. The lowest BCUT2D eigenvalue weighted by atomic mass is 9.77. The van der Waals surface area contributed by atoms with E-state index in [1.165, 1.54) is 5.01 Å². The van der Waals surface area contributed by atoms with Crippen molar-refractivity contribution in [2.24, 2.45) is 11.0 Å². The predicted octanol–water partition coefficient (Wildman–Crippen LogP) is 1.94. The number of carbonyl (C=O) groups is 4. The molecule has 9 nitrogen and oxygen atoms in total. The summed E-state index contributed by atoms with van der Waals surface area (Å²) in [4.78, 5) is 49.8. The summed E-state index contributed by atoms with van der Waals surface area (Å²) in [6.07, 6.45) is 3.31. The number of imide groups is 1. The number of urea groups is 1. The van der Waals surface area contributed by atoms with Gasteiger partial charge in [0, 0.05) is 19.3 Å². The number of rotatable bonds is 5. The van der Waals surface area contributed by atoms with Crippen molar-refractivity contribution in [1.82, 2.24) is 20.8 Å². The van der Waals surface area contributed by atoms with Crippen LogP contribution in [0.5, 0.6) is 0 Å². The van der Waals surface area contributed by atoms with Crippen molar-refractivity contribution in [3.63, 3.8) is 0 Å². The van der Waals surface area contributed by atoms with E-state index in [0.29, 0.717) is 31.7 Å². The number of amides is 5. The van der Waals surface area contributed by atoms with E-state index >= 15 is 0 Å². The molecule has 31 heavy (non-hydrogen) atoms. The maximum Gasteiger partial charge on any atom is 0.344 e. The Labute approximate surface area is 180 Å². The summed E-state index contributed by atoms with van der Waals surface area (Å²) < 4.78 is 0. The summed E-state index contributed by atoms with van der Waals surface area (Å²) >= 11 is 0. The molecule has 1 saturated carbocycles. The Morgan fingerprint density at radius 3 is 2.58 bits per heavy atom. The van der Waals surface area contributed by atoms with Crippen LogP contribution in [0.25, 0.3) is 0 Å². The van der Waals surface area contributed by atoms with Crippen molar-refractivity contribution in [2.75, 3.05) is 6.54 Å². The lowest BCUT2D eigenvalue weighted by molar-refractivity contribution is -0.140. The molecule has 9 heteroatoms. The number of nitrogens with one attached hydrogen (secondary N) is 2. The van der Waals surface area contributed by atoms with Crippen LogP contribution in [0, 0.1) is 5.92 Å². The van der Waals surface area contributed by atoms with Crippen LogP contribution in [0.1, 0.15) is 57.4 Å². The Kier molecular flexibility index (Phi) is 5.75. The minimum atomic E-state index is -0.912. The van der Waals surface area contributed by atoms with E-state index < -0.39 is 23.4 Å². The molecule has 5 amide bonds. The zero-order chi connectivity index (χ0) is 22.0. The van der Waals surface area contributed by atoms with Gasteiger partial charge in [0.15, 0.2) is 0 Å². The van der Waals surface area contributed by atoms with Crippen LogP contribution in [0.3, 0.4) is 0 Å². The first-order valence-corrected chi connectivity index (χ1v) is 10.8. The van der Waals surface area contributed by atoms with Crippen LogP contribution >= 0.6 is 0 Å². The van der Waals surface area contributed by atoms with Crippen molar-refractivity contribution in [2.45, 2.75) is 57.4 Å². The molecule has 0 unspecified atom stereocenters. The molecule has 164 valence electrons. The van der Waals surface area contributed by atoms with Crippen LogP contribution in [0.4, 0.5) is 4.79 Å². The third-order valence-corrected chi connectivity index (χ3v) is 6.29. The van der Waals surface area contributed by atoms with Crippen molar-refractivity contribution >= 4 is 29.5 Å². The van der Waals surface area contributed by atoms with Crippen molar-refractivity contribution in [3.8, 4) is 0 Å². The first kappa shape index (κ1) is 21.0. The van der Waals surface area contributed by atoms with Gasteiger partial charge < -0.3 is 5.32 Å². The second-order valence-corrected chi connectivity index (χ2v) is 8.55. The number of nitrogens with zero attached hydrogens (tertiary/aromatic N) is 3. The van der Waals surface area contributed by atoms with Gasteiger partial charge in [0.25, 0.3) is 5.91 Å². The average Bonchev–Trinajstić information content (AvgIpc) is 3.35. The number of hydrazine groups is 1. The maximum absolute atomic E-state index is 12.8. The molecule has 1 aliphatic carbocycles. The van der Waals surface area contributed by atoms with Crippen LogP contribution in [-0.2, 0) is 14.4 Å². The number of carbonyl (C=O) groups excluding carboxylic acids is 4. The van der Waals surface area contributed by atoms with E-state index in [1.807, 2.05) is 30.3 Å². The van der Waals surface area contributed by atoms with Crippen LogP contribution in [0.15, 0.2) is 35.4 Å². The maximum atomic E-state index is 12.8. The Morgan fingerprint density at radius 1 is 1.16 bits per heavy atom. The van der Waals surface area contributed by atoms with Gasteiger partial charge in [-0.3, -0.25) is 19.8 Å². The molecule has 1 spiro atoms. The molecule has 1 saturated heterocycles. The Bertz CT molecular complexity index is 921. The second-order valence-electron chi connectivity index (χ2n) is 8.55. The fourth-order valence-corrected chi connectivity index (χ4v) is 4.32. The largest absolute Gasteiger partial charge is 0.344 e. The van der Waals surface area contributed by atoms with Crippen LogP contribution < -0.4 is 10.7 Å². The fourth-order valence-electron chi connectivity index (χ4n) is 4.32. The first-order valence-electron chi connectivity index (χ1n) is 10.8. The van der Waals surface area contributed by atoms with E-state index in [1.54, 1.807) is 0 Å². The SMILES string of the molecule is CC1CCC2(CC1)NC(=O)N(NC(=O)CCC(=O)N1CCC(c3ccccc3)=N1)C2=O. The molecule has 0 radical (unpaired) electrons. The molecule has 3 aliphatic rings. The number of hydrogen-bond donors (Lipinski definition) is 2. The van der Waals surface area contributed by atoms with E-state index in [4.69, 9.17) is 0 Å². The summed E-state index contributed by atoms with van der Waals surface area (Å²) in [6, 6.07) is 9.02. The molecule has 0 bridgehead atoms. The molecule has 2 aliphatic heterocycles. The Balaban J connectivity index is 1.29. The predicted molar refractivity (Wildman–Crippen MR) is 112 cm³/mol. The molecule has 4 rings (SSSR count). The molecular weight excluding hydrogens is 398 g/mol. The minimum absolute atomic E-state index is 0.0519. The van der Waals surface area contributed by atoms with Gasteiger partial charge in [0.1, 0.15) is 5.54 Å². The highest BCUT2D eigenvalue weighted by Crippen LogP contribution is 2.35. The fraction of sp³-hybridized carbons (Fsp3) is 0.500. The zero-order valence-corrected chi connectivity index (χ0v) is 17.6. The quantitative estimate of drug-likeness (QED) is 0.702. The lowest BCUT2D eigenvalue weighted by Crippen LogP contribution is -2.51. The lowest BCUT2D eigenvalue weighted by Gasteiger charge is -2.33. The van der Waals surface area contributed by atoms with Crippen molar-refractivity contribution in [3.05, 3.63) is 35.9 Å². The van der Waals surface area contributed by atoms with E-state index in [9.17, 15) is 19.2 Å². The normalized spacial score (nSPS) is 25.6. The topological polar surface area (TPSA) is 111 Å². The summed E-state index contributed by atoms with van der Waals surface area (Å²) in [6.45, 7) is 2.59. The average molecular weight is 425 g/mol. The summed E-state index contributed by atoms with van der Waals surface area (Å²) in [5.41, 5.74) is 3.27. The number of benzene rings is 1. The van der Waals surface area contributed by atoms with E-state index in [2.05, 4.69) is 22.8 Å². The third kappa shape index (κ3) is 4.30. The second kappa shape index (κ2) is 8.49. The van der Waals surface area contributed by atoms with Gasteiger partial charge in [-0.25, -0.2) is 9.80 Å². The summed E-state index contributed by atoms with van der Waals surface area (Å²) in [7, 11) is 0. The number of hydrogen-bond acceptors (Lipinski definition) is 5. The molecule has 2 heterocycles. The molecule has 2 N–H and O–H groups in total. The van der Waals surface area contributed by atoms with Gasteiger partial charge in [-0.15, -0.1) is 0 Å². The first-order chi connectivity index (χ1) is 14.9. The number of hydrazone groups is 1. The smallest absolute Gasteiger partial charge is 0.322 e. The molecule has 2 fully saturated rings. The highest BCUT2D eigenvalue weighted by Gasteiger charge is 2.52. The summed E-state index contributed by atoms with van der Waals surface area (Å²) in [5, 5.41) is 9.27. The van der Waals surface area contributed by atoms with E-state index in [0.717, 1.165) is 29.1 Å². The van der Waals surface area contributed by atoms with Gasteiger partial charge in [0.05, 0.1) is 12.3 Å². The standard InChI is InChI=1S/C22H27N5O4/c1-15-9-12-22(13-10-15)20(30)27(21(31)23-22)25-18(28)7-8-19(29)26-14-11-17(24-26)16-5-3-2-4-6-16/h2-6,15H,7-14H2,1H3,(H,23,31)(H,25,28). The monoisotopic (exact) mass is 425 g/mol. The highest BCUT2D eigenvalue weighted by atomic mass is 16.2. The van der Waals surface area contributed by atoms with Gasteiger partial charge in [-0.1, -0.05) is 37.3 Å². The zero-order valence-electron chi connectivity index (χ0n) is 17.6. The minimum Gasteiger partial charge on any atom is -0.322 e. The Morgan fingerprint density at radius 2 is 1.87 bits per heavy atom. The molecule has 1 aromatic carbocycles. The molecule has 1 aromatic rings. The van der Waals surface area contributed by atoms with Crippen molar-refractivity contribution in [1.29, 1.82) is 0 Å². The van der Waals surface area contributed by atoms with Gasteiger partial charge in [0.2, 0.25) is 11.8 Å². The Hall–Kier alpha value is -3.23. The van der Waals surface area contributed by atoms with Crippen LogP contribution in [0.2, 0.25) is 0 Å². The van der Waals surface area contributed by atoms with E-state index in [-0.39, 0.29) is 18.7 Å². The van der Waals surface area contributed by atoms with Gasteiger partial charge in [-0.05, 0) is 37.2 Å². The van der Waals surface area contributed by atoms with Crippen LogP contribution in [-0.4, -0.2) is 51.6 Å².